The van der Waals surface area contributed by atoms with Gasteiger partial charge in [-0.1, -0.05) is 13.8 Å². The second-order valence-electron chi connectivity index (χ2n) is 12.1. The molecule has 9 atom stereocenters. The topological polar surface area (TPSA) is 102 Å². The summed E-state index contributed by atoms with van der Waals surface area (Å²) in [6.07, 6.45) is 10.9. The Morgan fingerprint density at radius 1 is 1.16 bits per heavy atom. The van der Waals surface area contributed by atoms with Crippen LogP contribution in [0.15, 0.2) is 11.6 Å². The third kappa shape index (κ3) is 3.12. The Morgan fingerprint density at radius 3 is 2.62 bits per heavy atom. The molecule has 4 aliphatic carbocycles. The minimum Gasteiger partial charge on any atom is -0.458 e. The first kappa shape index (κ1) is 22.4. The molecule has 0 bridgehead atoms. The van der Waals surface area contributed by atoms with Crippen LogP contribution in [0.1, 0.15) is 78.6 Å². The van der Waals surface area contributed by atoms with Crippen LogP contribution in [-0.2, 0) is 14.3 Å². The van der Waals surface area contributed by atoms with Gasteiger partial charge >= 0.3 is 5.97 Å². The highest BCUT2D eigenvalue weighted by Gasteiger charge is 2.67. The predicted molar refractivity (Wildman–Crippen MR) is 121 cm³/mol. The van der Waals surface area contributed by atoms with Crippen molar-refractivity contribution < 1.29 is 19.4 Å². The van der Waals surface area contributed by atoms with Crippen LogP contribution in [0.4, 0.5) is 0 Å². The van der Waals surface area contributed by atoms with E-state index in [0.29, 0.717) is 24.4 Å². The van der Waals surface area contributed by atoms with E-state index in [9.17, 15) is 14.7 Å². The van der Waals surface area contributed by atoms with E-state index >= 15 is 0 Å². The summed E-state index contributed by atoms with van der Waals surface area (Å²) >= 11 is 0. The first-order chi connectivity index (χ1) is 15.1. The zero-order chi connectivity index (χ0) is 22.9. The normalized spacial score (nSPS) is 48.7. The van der Waals surface area contributed by atoms with Crippen LogP contribution >= 0.6 is 0 Å². The molecule has 0 aromatic heterocycles. The molecule has 0 aromatic carbocycles. The number of carbonyl (C=O) groups is 2. The van der Waals surface area contributed by atoms with Crippen LogP contribution in [0, 0.1) is 34.5 Å². The van der Waals surface area contributed by atoms with E-state index in [0.717, 1.165) is 63.4 Å². The fraction of sp³-hybridized carbons (Fsp3) is 0.846. The smallest absolute Gasteiger partial charge is 0.331 e. The minimum absolute atomic E-state index is 0.0456. The minimum atomic E-state index is -0.666. The fourth-order valence-electron chi connectivity index (χ4n) is 8.87. The Hall–Kier alpha value is -1.40. The van der Waals surface area contributed by atoms with E-state index < -0.39 is 11.6 Å². The number of nitrogens with one attached hydrogen (secondary N) is 1. The molecule has 1 amide bonds. The molecule has 1 aliphatic heterocycles. The lowest BCUT2D eigenvalue weighted by atomic mass is 9.43. The van der Waals surface area contributed by atoms with Gasteiger partial charge in [-0.2, -0.15) is 0 Å². The van der Waals surface area contributed by atoms with E-state index in [4.69, 9.17) is 10.5 Å². The molecule has 6 heteroatoms. The second kappa shape index (κ2) is 7.56. The van der Waals surface area contributed by atoms with E-state index in [1.165, 1.54) is 0 Å². The molecule has 4 N–H and O–H groups in total. The number of cyclic esters (lactones) is 1. The molecule has 4 saturated carbocycles. The number of esters is 1. The highest BCUT2D eigenvalue weighted by Crippen LogP contribution is 2.69. The Kier molecular flexibility index (Phi) is 5.29. The van der Waals surface area contributed by atoms with Crippen molar-refractivity contribution >= 4 is 11.9 Å². The van der Waals surface area contributed by atoms with Crippen LogP contribution in [0.5, 0.6) is 0 Å². The summed E-state index contributed by atoms with van der Waals surface area (Å²) in [7, 11) is 0. The van der Waals surface area contributed by atoms with Crippen LogP contribution in [-0.4, -0.2) is 41.3 Å². The quantitative estimate of drug-likeness (QED) is 0.581. The number of ether oxygens (including phenoxy) is 1. The lowest BCUT2D eigenvalue weighted by Gasteiger charge is -2.64. The number of hydrogen-bond donors (Lipinski definition) is 3. The van der Waals surface area contributed by atoms with E-state index in [-0.39, 0.29) is 34.7 Å². The number of rotatable bonds is 3. The maximum absolute atomic E-state index is 12.3. The van der Waals surface area contributed by atoms with Crippen molar-refractivity contribution in [3.05, 3.63) is 11.6 Å². The molecule has 0 saturated heterocycles. The van der Waals surface area contributed by atoms with Crippen LogP contribution < -0.4 is 11.1 Å². The summed E-state index contributed by atoms with van der Waals surface area (Å²) in [6, 6.07) is -0.238. The fourth-order valence-corrected chi connectivity index (χ4v) is 8.87. The van der Waals surface area contributed by atoms with Gasteiger partial charge in [-0.3, -0.25) is 4.79 Å². The molecule has 178 valence electrons. The van der Waals surface area contributed by atoms with Crippen LogP contribution in [0.3, 0.4) is 0 Å². The Bertz CT molecular complexity index is 840. The van der Waals surface area contributed by atoms with Crippen molar-refractivity contribution in [1.29, 1.82) is 0 Å². The summed E-state index contributed by atoms with van der Waals surface area (Å²) in [5.74, 6) is 1.41. The van der Waals surface area contributed by atoms with Crippen LogP contribution in [0.25, 0.3) is 0 Å². The van der Waals surface area contributed by atoms with Crippen molar-refractivity contribution in [3.8, 4) is 0 Å². The second-order valence-corrected chi connectivity index (χ2v) is 12.1. The van der Waals surface area contributed by atoms with Crippen LogP contribution in [0.2, 0.25) is 0 Å². The summed E-state index contributed by atoms with van der Waals surface area (Å²) in [4.78, 5) is 23.9. The lowest BCUT2D eigenvalue weighted by Crippen LogP contribution is -2.63. The van der Waals surface area contributed by atoms with E-state index in [1.807, 2.05) is 0 Å². The molecule has 1 heterocycles. The van der Waals surface area contributed by atoms with Gasteiger partial charge in [0.05, 0.1) is 11.6 Å². The predicted octanol–water partition coefficient (Wildman–Crippen LogP) is 3.08. The van der Waals surface area contributed by atoms with Gasteiger partial charge < -0.3 is 20.9 Å². The number of hydrogen-bond acceptors (Lipinski definition) is 5. The molecule has 5 aliphatic rings. The molecular formula is C26H40N2O4. The van der Waals surface area contributed by atoms with E-state index in [2.05, 4.69) is 19.2 Å². The highest BCUT2D eigenvalue weighted by molar-refractivity contribution is 5.85. The zero-order valence-electron chi connectivity index (χ0n) is 19.9. The third-order valence-corrected chi connectivity index (χ3v) is 10.7. The summed E-state index contributed by atoms with van der Waals surface area (Å²) in [5, 5.41) is 15.4. The molecule has 0 unspecified atom stereocenters. The standard InChI is InChI=1S/C26H40N2O4/c1-15(27)23(30)28-18-6-9-24(2)17(13-18)4-5-21-20(24)7-10-25(3)19(8-11-26(21,25)31)16-12-22(29)32-14-16/h12,15,17-21,31H,4-11,13-14,27H2,1-3H3,(H,28,30)/t15-,17-,18+,19-,20+,21-,24+,25-,26+/m1/s1. The van der Waals surface area contributed by atoms with Gasteiger partial charge in [0.15, 0.2) is 0 Å². The average Bonchev–Trinajstić information content (AvgIpc) is 3.28. The van der Waals surface area contributed by atoms with Gasteiger partial charge in [-0.25, -0.2) is 4.79 Å². The summed E-state index contributed by atoms with van der Waals surface area (Å²) < 4.78 is 5.23. The van der Waals surface area contributed by atoms with Gasteiger partial charge in [-0.15, -0.1) is 0 Å². The molecule has 5 rings (SSSR count). The van der Waals surface area contributed by atoms with Gasteiger partial charge in [0, 0.05) is 17.5 Å². The summed E-state index contributed by atoms with van der Waals surface area (Å²) in [6.45, 7) is 6.88. The molecule has 0 spiro atoms. The number of aliphatic hydroxyl groups is 1. The number of amides is 1. The maximum Gasteiger partial charge on any atom is 0.331 e. The first-order valence-electron chi connectivity index (χ1n) is 12.7. The molecular weight excluding hydrogens is 404 g/mol. The molecule has 0 radical (unpaired) electrons. The van der Waals surface area contributed by atoms with Crippen molar-refractivity contribution in [3.63, 3.8) is 0 Å². The van der Waals surface area contributed by atoms with E-state index in [1.54, 1.807) is 13.0 Å². The summed E-state index contributed by atoms with van der Waals surface area (Å²) in [5.41, 5.74) is 6.24. The molecule has 32 heavy (non-hydrogen) atoms. The number of fused-ring (bicyclic) bond motifs is 5. The number of carbonyl (C=O) groups excluding carboxylic acids is 2. The zero-order valence-corrected chi connectivity index (χ0v) is 19.9. The van der Waals surface area contributed by atoms with Gasteiger partial charge in [0.1, 0.15) is 6.61 Å². The largest absolute Gasteiger partial charge is 0.458 e. The Labute approximate surface area is 191 Å². The van der Waals surface area contributed by atoms with Gasteiger partial charge in [0.25, 0.3) is 0 Å². The highest BCUT2D eigenvalue weighted by atomic mass is 16.5. The third-order valence-electron chi connectivity index (χ3n) is 10.7. The van der Waals surface area contributed by atoms with Crippen molar-refractivity contribution in [1.82, 2.24) is 5.32 Å². The first-order valence-corrected chi connectivity index (χ1v) is 12.7. The SMILES string of the molecule is C[C@@H](N)C(=O)N[C@H]1CC[C@@]2(C)[C@H](CC[C@@H]3[C@@H]2CC[C@]2(C)[C@@H](C4=CC(=O)OC4)CC[C@]32O)C1. The number of nitrogens with two attached hydrogens (primary N) is 1. The average molecular weight is 445 g/mol. The molecule has 4 fully saturated rings. The monoisotopic (exact) mass is 444 g/mol. The molecule has 0 aromatic rings. The van der Waals surface area contributed by atoms with Crippen molar-refractivity contribution in [2.24, 2.45) is 40.2 Å². The molecule has 6 nitrogen and oxygen atoms in total. The van der Waals surface area contributed by atoms with Crippen molar-refractivity contribution in [2.75, 3.05) is 6.61 Å². The van der Waals surface area contributed by atoms with Gasteiger partial charge in [0.2, 0.25) is 5.91 Å². The van der Waals surface area contributed by atoms with Crippen molar-refractivity contribution in [2.45, 2.75) is 96.2 Å². The lowest BCUT2D eigenvalue weighted by molar-refractivity contribution is -0.205. The van der Waals surface area contributed by atoms with Gasteiger partial charge in [-0.05, 0) is 99.4 Å². The Balaban J connectivity index is 1.35. The Morgan fingerprint density at radius 2 is 1.94 bits per heavy atom. The maximum atomic E-state index is 12.3.